The molecular formula is C20H22N2O7. The van der Waals surface area contributed by atoms with E-state index >= 15 is 0 Å². The molecule has 9 nitrogen and oxygen atoms in total. The van der Waals surface area contributed by atoms with E-state index in [0.717, 1.165) is 0 Å². The number of hydrogen-bond acceptors (Lipinski definition) is 9. The lowest BCUT2D eigenvalue weighted by atomic mass is 9.82. The number of allylic oxidation sites excluding steroid dienone is 1. The van der Waals surface area contributed by atoms with Crippen LogP contribution < -0.4 is 10.5 Å². The molecule has 0 fully saturated rings. The Bertz CT molecular complexity index is 912. The molecule has 0 saturated heterocycles. The van der Waals surface area contributed by atoms with Crippen molar-refractivity contribution >= 4 is 11.9 Å². The van der Waals surface area contributed by atoms with E-state index in [1.54, 1.807) is 13.8 Å². The van der Waals surface area contributed by atoms with Crippen molar-refractivity contribution in [2.45, 2.75) is 26.2 Å². The Hall–Kier alpha value is -3.67. The fraction of sp³-hybridized carbons (Fsp3) is 0.350. The van der Waals surface area contributed by atoms with Crippen LogP contribution in [0.15, 0.2) is 41.0 Å². The van der Waals surface area contributed by atoms with Crippen molar-refractivity contribution in [3.05, 3.63) is 46.6 Å². The molecule has 0 aromatic heterocycles. The van der Waals surface area contributed by atoms with Crippen LogP contribution in [0, 0.1) is 11.3 Å². The van der Waals surface area contributed by atoms with Gasteiger partial charge in [-0.3, -0.25) is 4.79 Å². The molecule has 2 rings (SSSR count). The van der Waals surface area contributed by atoms with E-state index in [2.05, 4.69) is 0 Å². The number of nitriles is 1. The maximum Gasteiger partial charge on any atom is 0.338 e. The van der Waals surface area contributed by atoms with Crippen molar-refractivity contribution in [3.63, 3.8) is 0 Å². The summed E-state index contributed by atoms with van der Waals surface area (Å²) in [4.78, 5) is 24.8. The van der Waals surface area contributed by atoms with Gasteiger partial charge in [0.15, 0.2) is 11.5 Å². The molecule has 3 N–H and O–H groups in total. The Kier molecular flexibility index (Phi) is 7.09. The first-order valence-corrected chi connectivity index (χ1v) is 8.88. The topological polar surface area (TPSA) is 141 Å². The van der Waals surface area contributed by atoms with Crippen molar-refractivity contribution in [2.75, 3.05) is 20.3 Å². The van der Waals surface area contributed by atoms with E-state index in [4.69, 9.17) is 24.7 Å². The summed E-state index contributed by atoms with van der Waals surface area (Å²) in [7, 11) is 1.37. The molecule has 0 aliphatic carbocycles. The van der Waals surface area contributed by atoms with Gasteiger partial charge in [-0.15, -0.1) is 0 Å². The minimum absolute atomic E-state index is 0.0339. The molecule has 1 heterocycles. The summed E-state index contributed by atoms with van der Waals surface area (Å²) in [5.74, 6) is -2.64. The van der Waals surface area contributed by atoms with Gasteiger partial charge in [0.1, 0.15) is 23.8 Å². The first-order chi connectivity index (χ1) is 13.9. The van der Waals surface area contributed by atoms with Gasteiger partial charge >= 0.3 is 11.9 Å². The zero-order valence-corrected chi connectivity index (χ0v) is 16.4. The SMILES string of the molecule is CCOC(=O)CC1=C(C(=O)OCC)[C@@H](c2ccc(O)c(OC)c2)C(C#N)=C(N)O1. The van der Waals surface area contributed by atoms with Gasteiger partial charge in [0, 0.05) is 0 Å². The molecule has 0 saturated carbocycles. The van der Waals surface area contributed by atoms with Crippen molar-refractivity contribution in [1.29, 1.82) is 5.26 Å². The Morgan fingerprint density at radius 2 is 1.97 bits per heavy atom. The molecular weight excluding hydrogens is 380 g/mol. The van der Waals surface area contributed by atoms with Crippen LogP contribution in [0.3, 0.4) is 0 Å². The molecule has 1 aliphatic heterocycles. The Balaban J connectivity index is 2.69. The van der Waals surface area contributed by atoms with Gasteiger partial charge in [-0.25, -0.2) is 4.79 Å². The number of hydrogen-bond donors (Lipinski definition) is 2. The van der Waals surface area contributed by atoms with Crippen molar-refractivity contribution in [2.24, 2.45) is 5.73 Å². The summed E-state index contributed by atoms with van der Waals surface area (Å²) in [6.45, 7) is 3.49. The molecule has 0 bridgehead atoms. The van der Waals surface area contributed by atoms with Crippen LogP contribution in [0.4, 0.5) is 0 Å². The van der Waals surface area contributed by atoms with Gasteiger partial charge < -0.3 is 29.8 Å². The summed E-state index contributed by atoms with van der Waals surface area (Å²) >= 11 is 0. The average molecular weight is 402 g/mol. The number of phenolic OH excluding ortho intramolecular Hbond substituents is 1. The molecule has 0 unspecified atom stereocenters. The number of rotatable bonds is 7. The number of carbonyl (C=O) groups is 2. The van der Waals surface area contributed by atoms with Crippen LogP contribution in [0.25, 0.3) is 0 Å². The average Bonchev–Trinajstić information content (AvgIpc) is 2.68. The summed E-state index contributed by atoms with van der Waals surface area (Å²) < 4.78 is 20.6. The minimum atomic E-state index is -0.980. The molecule has 9 heteroatoms. The van der Waals surface area contributed by atoms with Crippen LogP contribution in [-0.4, -0.2) is 37.4 Å². The lowest BCUT2D eigenvalue weighted by Gasteiger charge is -2.28. The number of ether oxygens (including phenoxy) is 4. The van der Waals surface area contributed by atoms with Crippen molar-refractivity contribution in [1.82, 2.24) is 0 Å². The van der Waals surface area contributed by atoms with E-state index in [0.29, 0.717) is 5.56 Å². The molecule has 0 radical (unpaired) electrons. The van der Waals surface area contributed by atoms with E-state index in [9.17, 15) is 20.0 Å². The predicted octanol–water partition coefficient (Wildman–Crippen LogP) is 1.98. The van der Waals surface area contributed by atoms with Gasteiger partial charge in [0.05, 0.1) is 31.8 Å². The first kappa shape index (κ1) is 21.6. The van der Waals surface area contributed by atoms with Crippen LogP contribution in [0.1, 0.15) is 31.7 Å². The highest BCUT2D eigenvalue weighted by atomic mass is 16.5. The summed E-state index contributed by atoms with van der Waals surface area (Å²) in [5.41, 5.74) is 6.26. The number of esters is 2. The number of carbonyl (C=O) groups excluding carboxylic acids is 2. The normalized spacial score (nSPS) is 16.0. The highest BCUT2D eigenvalue weighted by molar-refractivity contribution is 5.93. The fourth-order valence-electron chi connectivity index (χ4n) is 2.93. The Morgan fingerprint density at radius 1 is 1.28 bits per heavy atom. The largest absolute Gasteiger partial charge is 0.504 e. The monoisotopic (exact) mass is 402 g/mol. The zero-order chi connectivity index (χ0) is 21.6. The number of methoxy groups -OCH3 is 1. The van der Waals surface area contributed by atoms with E-state index in [1.165, 1.54) is 25.3 Å². The molecule has 1 aromatic rings. The van der Waals surface area contributed by atoms with E-state index in [-0.39, 0.29) is 53.9 Å². The number of phenols is 1. The highest BCUT2D eigenvalue weighted by Gasteiger charge is 2.38. The lowest BCUT2D eigenvalue weighted by molar-refractivity contribution is -0.143. The van der Waals surface area contributed by atoms with Gasteiger partial charge in [0.25, 0.3) is 0 Å². The van der Waals surface area contributed by atoms with Crippen LogP contribution in [0.2, 0.25) is 0 Å². The van der Waals surface area contributed by atoms with Crippen molar-refractivity contribution < 1.29 is 33.6 Å². The molecule has 0 spiro atoms. The summed E-state index contributed by atoms with van der Waals surface area (Å²) in [6, 6.07) is 6.30. The third kappa shape index (κ3) is 4.60. The smallest absolute Gasteiger partial charge is 0.338 e. The number of benzene rings is 1. The first-order valence-electron chi connectivity index (χ1n) is 8.88. The van der Waals surface area contributed by atoms with Gasteiger partial charge in [-0.1, -0.05) is 6.07 Å². The molecule has 1 aliphatic rings. The van der Waals surface area contributed by atoms with Crippen LogP contribution in [0.5, 0.6) is 11.5 Å². The van der Waals surface area contributed by atoms with Gasteiger partial charge in [-0.05, 0) is 31.5 Å². The molecule has 154 valence electrons. The highest BCUT2D eigenvalue weighted by Crippen LogP contribution is 2.42. The molecule has 1 atom stereocenters. The molecule has 1 aromatic carbocycles. The summed E-state index contributed by atoms with van der Waals surface area (Å²) in [6.07, 6.45) is -0.368. The second kappa shape index (κ2) is 9.50. The quantitative estimate of drug-likeness (QED) is 0.655. The second-order valence-electron chi connectivity index (χ2n) is 5.90. The Labute approximate surface area is 167 Å². The lowest BCUT2D eigenvalue weighted by Crippen LogP contribution is -2.27. The number of nitrogens with zero attached hydrogens (tertiary/aromatic N) is 1. The van der Waals surface area contributed by atoms with Gasteiger partial charge in [0.2, 0.25) is 5.88 Å². The van der Waals surface area contributed by atoms with Gasteiger partial charge in [-0.2, -0.15) is 5.26 Å². The van der Waals surface area contributed by atoms with E-state index in [1.807, 2.05) is 6.07 Å². The number of aromatic hydroxyl groups is 1. The predicted molar refractivity (Wildman–Crippen MR) is 100 cm³/mol. The second-order valence-corrected chi connectivity index (χ2v) is 5.90. The minimum Gasteiger partial charge on any atom is -0.504 e. The van der Waals surface area contributed by atoms with E-state index < -0.39 is 17.9 Å². The maximum absolute atomic E-state index is 12.8. The Morgan fingerprint density at radius 3 is 2.55 bits per heavy atom. The third-order valence-electron chi connectivity index (χ3n) is 4.14. The number of nitrogens with two attached hydrogens (primary N) is 1. The summed E-state index contributed by atoms with van der Waals surface area (Å²) in [5, 5.41) is 19.5. The molecule has 29 heavy (non-hydrogen) atoms. The van der Waals surface area contributed by atoms with Crippen LogP contribution in [-0.2, 0) is 23.8 Å². The zero-order valence-electron chi connectivity index (χ0n) is 16.4. The third-order valence-corrected chi connectivity index (χ3v) is 4.14. The fourth-order valence-corrected chi connectivity index (χ4v) is 2.93. The maximum atomic E-state index is 12.8. The van der Waals surface area contributed by atoms with Crippen LogP contribution >= 0.6 is 0 Å². The van der Waals surface area contributed by atoms with Crippen molar-refractivity contribution in [3.8, 4) is 17.6 Å². The standard InChI is InChI=1S/C20H22N2O7/c1-4-27-16(24)9-15-18(20(25)28-5-2)17(12(10-21)19(22)29-15)11-6-7-13(23)14(8-11)26-3/h6-8,17,23H,4-5,9,22H2,1-3H3/t17-/m0/s1. The molecule has 0 amide bonds.